The van der Waals surface area contributed by atoms with E-state index in [-0.39, 0.29) is 26.2 Å². The molecule has 1 heterocycles. The summed E-state index contributed by atoms with van der Waals surface area (Å²) in [6.07, 6.45) is 1.31. The van der Waals surface area contributed by atoms with Crippen LogP contribution < -0.4 is 5.32 Å². The molecule has 1 fully saturated rings. The molecule has 1 aliphatic rings. The minimum atomic E-state index is -1.24. The van der Waals surface area contributed by atoms with E-state index in [9.17, 15) is 19.5 Å². The molecule has 1 atom stereocenters. The number of rotatable bonds is 7. The highest BCUT2D eigenvalue weighted by atomic mass is 16.6. The number of esters is 1. The first-order valence-corrected chi connectivity index (χ1v) is 8.98. The molecule has 27 heavy (non-hydrogen) atoms. The summed E-state index contributed by atoms with van der Waals surface area (Å²) in [4.78, 5) is 38.3. The van der Waals surface area contributed by atoms with Crippen molar-refractivity contribution in [2.24, 2.45) is 0 Å². The fraction of sp³-hybridized carbons (Fsp3) is 0.526. The molecule has 1 aliphatic heterocycles. The molecule has 1 aromatic carbocycles. The number of hydrogen-bond acceptors (Lipinski definition) is 6. The van der Waals surface area contributed by atoms with E-state index >= 15 is 0 Å². The molecule has 2 N–H and O–H groups in total. The first-order valence-electron chi connectivity index (χ1n) is 8.98. The second kappa shape index (κ2) is 9.91. The second-order valence-corrected chi connectivity index (χ2v) is 6.41. The quantitative estimate of drug-likeness (QED) is 0.691. The van der Waals surface area contributed by atoms with E-state index in [0.29, 0.717) is 13.0 Å². The average Bonchev–Trinajstić information content (AvgIpc) is 2.71. The van der Waals surface area contributed by atoms with Gasteiger partial charge in [-0.05, 0) is 24.8 Å². The maximum Gasteiger partial charge on any atom is 0.411 e. The Morgan fingerprint density at radius 3 is 2.63 bits per heavy atom. The van der Waals surface area contributed by atoms with Crippen LogP contribution in [-0.4, -0.2) is 60.3 Å². The lowest BCUT2D eigenvalue weighted by atomic mass is 9.83. The van der Waals surface area contributed by atoms with Crippen molar-refractivity contribution in [3.63, 3.8) is 0 Å². The molecule has 2 amide bonds. The number of carbonyl (C=O) groups is 3. The summed E-state index contributed by atoms with van der Waals surface area (Å²) in [5.74, 6) is -1.07. The molecule has 8 heteroatoms. The first-order chi connectivity index (χ1) is 13.0. The van der Waals surface area contributed by atoms with Crippen LogP contribution in [0.5, 0.6) is 0 Å². The Balaban J connectivity index is 2.12. The number of carbonyl (C=O) groups excluding carboxylic acids is 3. The molecule has 1 unspecified atom stereocenters. The molecule has 0 spiro atoms. The van der Waals surface area contributed by atoms with Crippen molar-refractivity contribution in [1.29, 1.82) is 0 Å². The van der Waals surface area contributed by atoms with Crippen molar-refractivity contribution in [1.82, 2.24) is 10.2 Å². The van der Waals surface area contributed by atoms with E-state index in [1.165, 1.54) is 12.0 Å². The average molecular weight is 378 g/mol. The number of aliphatic hydroxyl groups excluding tert-OH is 1. The lowest BCUT2D eigenvalue weighted by molar-refractivity contribution is -0.144. The molecular formula is C19H26N2O6. The van der Waals surface area contributed by atoms with Crippen LogP contribution in [0, 0.1) is 0 Å². The van der Waals surface area contributed by atoms with Gasteiger partial charge in [0.15, 0.2) is 0 Å². The molecule has 0 aromatic heterocycles. The Hall–Kier alpha value is -2.61. The minimum absolute atomic E-state index is 0.0699. The molecule has 8 nitrogen and oxygen atoms in total. The minimum Gasteiger partial charge on any atom is -0.468 e. The summed E-state index contributed by atoms with van der Waals surface area (Å²) in [5.41, 5.74) is -0.403. The van der Waals surface area contributed by atoms with Crippen LogP contribution in [0.3, 0.4) is 0 Å². The van der Waals surface area contributed by atoms with Crippen molar-refractivity contribution < 1.29 is 29.0 Å². The van der Waals surface area contributed by atoms with Gasteiger partial charge >= 0.3 is 12.1 Å². The van der Waals surface area contributed by atoms with Gasteiger partial charge in [-0.25, -0.2) is 4.79 Å². The number of piperidine rings is 1. The Bertz CT molecular complexity index is 647. The number of likely N-dealkylation sites (tertiary alicyclic amines) is 1. The third kappa shape index (κ3) is 5.19. The van der Waals surface area contributed by atoms with Crippen molar-refractivity contribution in [3.05, 3.63) is 35.9 Å². The van der Waals surface area contributed by atoms with E-state index in [1.54, 1.807) is 0 Å². The van der Waals surface area contributed by atoms with E-state index < -0.39 is 23.5 Å². The molecule has 1 saturated heterocycles. The largest absolute Gasteiger partial charge is 0.468 e. The lowest BCUT2D eigenvalue weighted by Gasteiger charge is -2.44. The zero-order chi connectivity index (χ0) is 19.7. The van der Waals surface area contributed by atoms with Gasteiger partial charge in [0.1, 0.15) is 18.7 Å². The number of ether oxygens (including phenoxy) is 2. The highest BCUT2D eigenvalue weighted by Crippen LogP contribution is 2.32. The van der Waals surface area contributed by atoms with Gasteiger partial charge in [-0.2, -0.15) is 0 Å². The molecule has 0 bridgehead atoms. The fourth-order valence-corrected chi connectivity index (χ4v) is 3.28. The van der Waals surface area contributed by atoms with Gasteiger partial charge in [0.2, 0.25) is 5.91 Å². The van der Waals surface area contributed by atoms with Crippen LogP contribution in [0.1, 0.15) is 31.2 Å². The van der Waals surface area contributed by atoms with Crippen molar-refractivity contribution in [2.75, 3.05) is 26.8 Å². The van der Waals surface area contributed by atoms with E-state index in [1.807, 2.05) is 30.3 Å². The van der Waals surface area contributed by atoms with Crippen molar-refractivity contribution >= 4 is 18.0 Å². The maximum absolute atomic E-state index is 12.8. The number of methoxy groups -OCH3 is 1. The van der Waals surface area contributed by atoms with Crippen molar-refractivity contribution in [3.8, 4) is 0 Å². The van der Waals surface area contributed by atoms with Crippen LogP contribution in [-0.2, 0) is 25.7 Å². The van der Waals surface area contributed by atoms with Crippen LogP contribution in [0.25, 0.3) is 0 Å². The monoisotopic (exact) mass is 378 g/mol. The number of nitrogens with one attached hydrogen (secondary N) is 1. The number of hydrogen-bond donors (Lipinski definition) is 2. The van der Waals surface area contributed by atoms with Crippen LogP contribution in [0.2, 0.25) is 0 Å². The number of amides is 2. The Morgan fingerprint density at radius 2 is 1.96 bits per heavy atom. The lowest BCUT2D eigenvalue weighted by Crippen LogP contribution is -2.63. The zero-order valence-electron chi connectivity index (χ0n) is 15.5. The number of aliphatic hydroxyl groups is 1. The molecule has 0 saturated carbocycles. The second-order valence-electron chi connectivity index (χ2n) is 6.41. The molecule has 2 rings (SSSR count). The summed E-state index contributed by atoms with van der Waals surface area (Å²) >= 11 is 0. The first kappa shape index (κ1) is 20.7. The maximum atomic E-state index is 12.8. The highest BCUT2D eigenvalue weighted by Gasteiger charge is 2.48. The van der Waals surface area contributed by atoms with Crippen LogP contribution in [0.15, 0.2) is 30.3 Å². The topological polar surface area (TPSA) is 105 Å². The van der Waals surface area contributed by atoms with Gasteiger partial charge in [0, 0.05) is 19.6 Å². The number of nitrogens with zero attached hydrogens (tertiary/aromatic N) is 1. The summed E-state index contributed by atoms with van der Waals surface area (Å²) in [7, 11) is 1.23. The molecule has 0 aliphatic carbocycles. The van der Waals surface area contributed by atoms with Crippen molar-refractivity contribution in [2.45, 2.75) is 37.8 Å². The predicted octanol–water partition coefficient (Wildman–Crippen LogP) is 1.22. The summed E-state index contributed by atoms with van der Waals surface area (Å²) in [6, 6.07) is 9.25. The van der Waals surface area contributed by atoms with Gasteiger partial charge in [-0.1, -0.05) is 30.3 Å². The summed E-state index contributed by atoms with van der Waals surface area (Å²) in [5, 5.41) is 12.0. The van der Waals surface area contributed by atoms with E-state index in [2.05, 4.69) is 10.1 Å². The summed E-state index contributed by atoms with van der Waals surface area (Å²) in [6.45, 7) is -0.127. The molecule has 1 aromatic rings. The van der Waals surface area contributed by atoms with Gasteiger partial charge < -0.3 is 19.9 Å². The fourth-order valence-electron chi connectivity index (χ4n) is 3.28. The van der Waals surface area contributed by atoms with Crippen LogP contribution >= 0.6 is 0 Å². The van der Waals surface area contributed by atoms with Gasteiger partial charge in [0.05, 0.1) is 7.11 Å². The zero-order valence-corrected chi connectivity index (χ0v) is 15.5. The summed E-state index contributed by atoms with van der Waals surface area (Å²) < 4.78 is 9.93. The van der Waals surface area contributed by atoms with Gasteiger partial charge in [-0.3, -0.25) is 14.5 Å². The Kier molecular flexibility index (Phi) is 7.60. The Morgan fingerprint density at radius 1 is 1.22 bits per heavy atom. The van der Waals surface area contributed by atoms with E-state index in [4.69, 9.17) is 4.74 Å². The third-order valence-corrected chi connectivity index (χ3v) is 4.73. The highest BCUT2D eigenvalue weighted by molar-refractivity contribution is 5.92. The smallest absolute Gasteiger partial charge is 0.411 e. The molecule has 148 valence electrons. The normalized spacial score (nSPS) is 19.3. The number of benzene rings is 1. The standard InChI is InChI=1S/C19H26N2O6/c1-26-16(23)13-20-17(24)19(10-12-22)9-5-6-11-21(19)18(25)27-14-15-7-3-2-4-8-15/h2-4,7-8,22H,5-6,9-14H2,1H3,(H,20,24). The third-order valence-electron chi connectivity index (χ3n) is 4.73. The SMILES string of the molecule is COC(=O)CNC(=O)C1(CCO)CCCCN1C(=O)OCc1ccccc1. The van der Waals surface area contributed by atoms with E-state index in [0.717, 1.165) is 18.4 Å². The van der Waals surface area contributed by atoms with Gasteiger partial charge in [0.25, 0.3) is 0 Å². The predicted molar refractivity (Wildman–Crippen MR) is 96.6 cm³/mol. The Labute approximate surface area is 158 Å². The van der Waals surface area contributed by atoms with Gasteiger partial charge in [-0.15, -0.1) is 0 Å². The molecular weight excluding hydrogens is 352 g/mol. The molecule has 0 radical (unpaired) electrons. The van der Waals surface area contributed by atoms with Crippen LogP contribution in [0.4, 0.5) is 4.79 Å².